The SMILES string of the molecule is CC.CC.Nc1nc(N)c2nc(CNc3ccc(CNC(CCC(=O)O)C(=O)O)cc3)cnc2n1. The molecule has 2 heterocycles. The van der Waals surface area contributed by atoms with E-state index in [1.807, 2.05) is 52.0 Å². The van der Waals surface area contributed by atoms with Crippen LogP contribution in [0, 0.1) is 0 Å². The molecule has 0 aliphatic carbocycles. The van der Waals surface area contributed by atoms with Crippen LogP contribution >= 0.6 is 0 Å². The van der Waals surface area contributed by atoms with Gasteiger partial charge in [-0.3, -0.25) is 9.59 Å². The first-order valence-corrected chi connectivity index (χ1v) is 11.4. The number of aromatic nitrogens is 4. The number of nitrogen functional groups attached to an aromatic ring is 2. The van der Waals surface area contributed by atoms with Crippen molar-refractivity contribution in [3.8, 4) is 0 Å². The molecule has 12 heteroatoms. The lowest BCUT2D eigenvalue weighted by Crippen LogP contribution is -2.36. The van der Waals surface area contributed by atoms with Crippen molar-refractivity contribution in [3.05, 3.63) is 41.7 Å². The zero-order chi connectivity index (χ0) is 26.4. The van der Waals surface area contributed by atoms with Gasteiger partial charge in [0.2, 0.25) is 5.95 Å². The Hall–Kier alpha value is -4.06. The minimum atomic E-state index is -1.08. The summed E-state index contributed by atoms with van der Waals surface area (Å²) >= 11 is 0. The molecule has 12 nitrogen and oxygen atoms in total. The molecule has 1 aromatic carbocycles. The van der Waals surface area contributed by atoms with Crippen LogP contribution in [0.1, 0.15) is 51.8 Å². The molecule has 2 aromatic heterocycles. The highest BCUT2D eigenvalue weighted by Gasteiger charge is 2.17. The van der Waals surface area contributed by atoms with Crippen LogP contribution in [0.5, 0.6) is 0 Å². The Balaban J connectivity index is 0.00000145. The van der Waals surface area contributed by atoms with Gasteiger partial charge in [0.15, 0.2) is 17.0 Å². The highest BCUT2D eigenvalue weighted by atomic mass is 16.4. The molecule has 0 radical (unpaired) electrons. The number of nitrogens with zero attached hydrogens (tertiary/aromatic N) is 4. The van der Waals surface area contributed by atoms with Gasteiger partial charge >= 0.3 is 11.9 Å². The summed E-state index contributed by atoms with van der Waals surface area (Å²) < 4.78 is 0. The van der Waals surface area contributed by atoms with Crippen molar-refractivity contribution in [2.45, 2.75) is 59.7 Å². The highest BCUT2D eigenvalue weighted by Crippen LogP contribution is 2.16. The van der Waals surface area contributed by atoms with Gasteiger partial charge in [-0.05, 0) is 24.1 Å². The van der Waals surface area contributed by atoms with Crippen molar-refractivity contribution in [1.29, 1.82) is 0 Å². The molecule has 0 amide bonds. The molecule has 8 N–H and O–H groups in total. The molecule has 1 atom stereocenters. The normalized spacial score (nSPS) is 10.9. The average Bonchev–Trinajstić information content (AvgIpc) is 2.85. The van der Waals surface area contributed by atoms with Crippen molar-refractivity contribution in [3.63, 3.8) is 0 Å². The number of carboxylic acids is 2. The maximum absolute atomic E-state index is 11.2. The Morgan fingerprint density at radius 3 is 2.23 bits per heavy atom. The Labute approximate surface area is 204 Å². The topological polar surface area (TPSA) is 202 Å². The number of carbonyl (C=O) groups is 2. The van der Waals surface area contributed by atoms with Gasteiger partial charge in [0.1, 0.15) is 6.04 Å². The third-order valence-electron chi connectivity index (χ3n) is 4.43. The second-order valence-electron chi connectivity index (χ2n) is 6.76. The molecule has 0 spiro atoms. The van der Waals surface area contributed by atoms with Gasteiger partial charge in [-0.25, -0.2) is 9.97 Å². The van der Waals surface area contributed by atoms with Crippen molar-refractivity contribution in [1.82, 2.24) is 25.3 Å². The van der Waals surface area contributed by atoms with Crippen LogP contribution in [-0.2, 0) is 22.7 Å². The van der Waals surface area contributed by atoms with E-state index < -0.39 is 18.0 Å². The lowest BCUT2D eigenvalue weighted by molar-refractivity contribution is -0.140. The molecule has 0 aliphatic rings. The number of hydrogen-bond donors (Lipinski definition) is 6. The first kappa shape index (κ1) is 29.0. The molecule has 0 saturated heterocycles. The van der Waals surface area contributed by atoms with E-state index in [9.17, 15) is 14.7 Å². The largest absolute Gasteiger partial charge is 0.481 e. The monoisotopic (exact) mass is 486 g/mol. The number of nitrogens with one attached hydrogen (secondary N) is 2. The Morgan fingerprint density at radius 2 is 1.63 bits per heavy atom. The van der Waals surface area contributed by atoms with Gasteiger partial charge in [0.25, 0.3) is 0 Å². The zero-order valence-electron chi connectivity index (χ0n) is 20.4. The van der Waals surface area contributed by atoms with E-state index in [0.29, 0.717) is 29.9 Å². The standard InChI is InChI=1S/C19H22N8O4.2C2H6/c20-16-15-17(27-19(21)26-16)24-9-12(25-15)8-22-11-3-1-10(2-4-11)7-23-13(18(30)31)5-6-14(28)29;2*1-2/h1-4,9,13,22-23H,5-8H2,(H,28,29)(H,30,31)(H4,20,21,24,26,27);2*1-2H3. The van der Waals surface area contributed by atoms with E-state index in [-0.39, 0.29) is 24.6 Å². The Kier molecular flexibility index (Phi) is 12.4. The fourth-order valence-corrected chi connectivity index (χ4v) is 2.82. The predicted molar refractivity (Wildman–Crippen MR) is 136 cm³/mol. The van der Waals surface area contributed by atoms with Crippen molar-refractivity contribution in [2.24, 2.45) is 0 Å². The molecule has 3 aromatic rings. The Morgan fingerprint density at radius 1 is 0.971 bits per heavy atom. The molecule has 35 heavy (non-hydrogen) atoms. The third-order valence-corrected chi connectivity index (χ3v) is 4.43. The molecule has 0 bridgehead atoms. The Bertz CT molecular complexity index is 1090. The average molecular weight is 487 g/mol. The van der Waals surface area contributed by atoms with Gasteiger partial charge in [0.05, 0.1) is 18.4 Å². The highest BCUT2D eigenvalue weighted by molar-refractivity contribution is 5.81. The maximum Gasteiger partial charge on any atom is 0.320 e. The fourth-order valence-electron chi connectivity index (χ4n) is 2.82. The van der Waals surface area contributed by atoms with Crippen LogP contribution in [0.2, 0.25) is 0 Å². The summed E-state index contributed by atoms with van der Waals surface area (Å²) in [5.74, 6) is -1.91. The summed E-state index contributed by atoms with van der Waals surface area (Å²) in [4.78, 5) is 38.3. The summed E-state index contributed by atoms with van der Waals surface area (Å²) in [5, 5.41) is 24.0. The fraction of sp³-hybridized carbons (Fsp3) is 0.391. The van der Waals surface area contributed by atoms with Crippen molar-refractivity contribution < 1.29 is 19.8 Å². The number of fused-ring (bicyclic) bond motifs is 1. The van der Waals surface area contributed by atoms with Crippen molar-refractivity contribution in [2.75, 3.05) is 16.8 Å². The maximum atomic E-state index is 11.2. The zero-order valence-corrected chi connectivity index (χ0v) is 20.4. The van der Waals surface area contributed by atoms with Gasteiger partial charge in [0, 0.05) is 18.7 Å². The van der Waals surface area contributed by atoms with Crippen LogP contribution < -0.4 is 22.1 Å². The molecular formula is C23H34N8O4. The van der Waals surface area contributed by atoms with E-state index in [1.54, 1.807) is 6.20 Å². The second-order valence-corrected chi connectivity index (χ2v) is 6.76. The first-order chi connectivity index (χ1) is 16.8. The number of anilines is 3. The van der Waals surface area contributed by atoms with Gasteiger partial charge in [-0.15, -0.1) is 0 Å². The number of carboxylic acid groups (broad SMARTS) is 2. The molecule has 0 fully saturated rings. The van der Waals surface area contributed by atoms with E-state index in [2.05, 4.69) is 30.6 Å². The summed E-state index contributed by atoms with van der Waals surface area (Å²) in [6.07, 6.45) is 1.37. The molecule has 3 rings (SSSR count). The molecule has 0 aliphatic heterocycles. The lowest BCUT2D eigenvalue weighted by Gasteiger charge is -2.14. The quantitative estimate of drug-likeness (QED) is 0.245. The third kappa shape index (κ3) is 9.37. The summed E-state index contributed by atoms with van der Waals surface area (Å²) in [6.45, 7) is 8.69. The summed E-state index contributed by atoms with van der Waals surface area (Å²) in [7, 11) is 0. The van der Waals surface area contributed by atoms with E-state index in [0.717, 1.165) is 11.3 Å². The van der Waals surface area contributed by atoms with Crippen LogP contribution in [0.15, 0.2) is 30.5 Å². The summed E-state index contributed by atoms with van der Waals surface area (Å²) in [5.41, 5.74) is 14.4. The van der Waals surface area contributed by atoms with Crippen LogP contribution in [-0.4, -0.2) is 48.1 Å². The molecular weight excluding hydrogens is 452 g/mol. The van der Waals surface area contributed by atoms with Gasteiger partial charge in [-0.1, -0.05) is 39.8 Å². The minimum Gasteiger partial charge on any atom is -0.481 e. The van der Waals surface area contributed by atoms with Crippen LogP contribution in [0.25, 0.3) is 11.2 Å². The van der Waals surface area contributed by atoms with Crippen molar-refractivity contribution >= 4 is 40.6 Å². The minimum absolute atomic E-state index is 0.0131. The van der Waals surface area contributed by atoms with Crippen LogP contribution in [0.4, 0.5) is 17.5 Å². The summed E-state index contributed by atoms with van der Waals surface area (Å²) in [6, 6.07) is 6.44. The molecule has 190 valence electrons. The van der Waals surface area contributed by atoms with Gasteiger partial charge in [-0.2, -0.15) is 9.97 Å². The first-order valence-electron chi connectivity index (χ1n) is 11.4. The predicted octanol–water partition coefficient (Wildman–Crippen LogP) is 2.66. The number of aliphatic carboxylic acids is 2. The number of benzene rings is 1. The number of hydrogen-bond acceptors (Lipinski definition) is 10. The molecule has 1 unspecified atom stereocenters. The molecule has 0 saturated carbocycles. The van der Waals surface area contributed by atoms with Crippen LogP contribution in [0.3, 0.4) is 0 Å². The smallest absolute Gasteiger partial charge is 0.320 e. The van der Waals surface area contributed by atoms with E-state index in [1.165, 1.54) is 0 Å². The van der Waals surface area contributed by atoms with Gasteiger partial charge < -0.3 is 32.3 Å². The lowest BCUT2D eigenvalue weighted by atomic mass is 10.1. The second kappa shape index (κ2) is 15.0. The number of rotatable bonds is 10. The number of nitrogens with two attached hydrogens (primary N) is 2. The van der Waals surface area contributed by atoms with E-state index >= 15 is 0 Å². The van der Waals surface area contributed by atoms with E-state index in [4.69, 9.17) is 16.6 Å².